The number of carbonyl (C=O) groups excluding carboxylic acids is 2. The molecule has 8 heteroatoms. The van der Waals surface area contributed by atoms with Crippen molar-refractivity contribution in [1.29, 1.82) is 0 Å². The molecule has 6 nitrogen and oxygen atoms in total. The van der Waals surface area contributed by atoms with Crippen LogP contribution in [0, 0.1) is 5.82 Å². The van der Waals surface area contributed by atoms with Crippen molar-refractivity contribution in [3.05, 3.63) is 77.2 Å². The van der Waals surface area contributed by atoms with E-state index in [1.807, 2.05) is 25.1 Å². The summed E-state index contributed by atoms with van der Waals surface area (Å²) >= 11 is 1.43. The van der Waals surface area contributed by atoms with Crippen molar-refractivity contribution in [3.63, 3.8) is 0 Å². The third-order valence-electron chi connectivity index (χ3n) is 4.95. The van der Waals surface area contributed by atoms with E-state index in [-0.39, 0.29) is 29.7 Å². The zero-order chi connectivity index (χ0) is 22.0. The Morgan fingerprint density at radius 3 is 2.81 bits per heavy atom. The van der Waals surface area contributed by atoms with Gasteiger partial charge in [-0.1, -0.05) is 17.8 Å². The van der Waals surface area contributed by atoms with Gasteiger partial charge in [0.05, 0.1) is 18.4 Å². The smallest absolute Gasteiger partial charge is 0.261 e. The average Bonchev–Trinajstić information content (AvgIpc) is 2.90. The third kappa shape index (κ3) is 4.11. The molecular formula is C23H20FN3O3S. The molecular weight excluding hydrogens is 417 g/mol. The number of ether oxygens (including phenoxy) is 1. The first kappa shape index (κ1) is 20.9. The number of halogens is 1. The summed E-state index contributed by atoms with van der Waals surface area (Å²) in [6.45, 7) is 2.71. The van der Waals surface area contributed by atoms with Gasteiger partial charge in [0.1, 0.15) is 5.03 Å². The molecule has 3 aromatic rings. The summed E-state index contributed by atoms with van der Waals surface area (Å²) in [5.41, 5.74) is 2.45. The normalized spacial score (nSPS) is 12.6. The number of pyridine rings is 1. The van der Waals surface area contributed by atoms with E-state index < -0.39 is 5.82 Å². The van der Waals surface area contributed by atoms with Crippen LogP contribution in [0.3, 0.4) is 0 Å². The van der Waals surface area contributed by atoms with Gasteiger partial charge < -0.3 is 15.0 Å². The van der Waals surface area contributed by atoms with Gasteiger partial charge >= 0.3 is 0 Å². The molecule has 0 unspecified atom stereocenters. The van der Waals surface area contributed by atoms with Gasteiger partial charge in [-0.2, -0.15) is 0 Å². The summed E-state index contributed by atoms with van der Waals surface area (Å²) < 4.78 is 18.8. The fraction of sp³-hybridized carbons (Fsp3) is 0.174. The summed E-state index contributed by atoms with van der Waals surface area (Å²) in [4.78, 5) is 32.3. The number of methoxy groups -OCH3 is 1. The molecule has 0 saturated heterocycles. The molecule has 1 aliphatic rings. The van der Waals surface area contributed by atoms with Crippen molar-refractivity contribution < 1.29 is 18.7 Å². The van der Waals surface area contributed by atoms with Crippen molar-refractivity contribution in [2.45, 2.75) is 23.4 Å². The number of nitrogens with zero attached hydrogens (tertiary/aromatic N) is 2. The van der Waals surface area contributed by atoms with E-state index in [1.165, 1.54) is 31.0 Å². The Hall–Kier alpha value is -3.39. The second kappa shape index (κ2) is 8.77. The number of hydrogen-bond acceptors (Lipinski definition) is 5. The Morgan fingerprint density at radius 1 is 1.23 bits per heavy atom. The Balaban J connectivity index is 1.56. The minimum atomic E-state index is -0.591. The number of anilines is 1. The van der Waals surface area contributed by atoms with Crippen LogP contribution in [-0.4, -0.2) is 30.5 Å². The number of hydrogen-bond donors (Lipinski definition) is 1. The van der Waals surface area contributed by atoms with Gasteiger partial charge in [-0.25, -0.2) is 9.37 Å². The molecule has 2 heterocycles. The van der Waals surface area contributed by atoms with E-state index in [4.69, 9.17) is 4.74 Å². The highest BCUT2D eigenvalue weighted by atomic mass is 32.2. The first-order chi connectivity index (χ1) is 15.0. The van der Waals surface area contributed by atoms with Crippen LogP contribution in [0.25, 0.3) is 0 Å². The average molecular weight is 437 g/mol. The molecule has 0 atom stereocenters. The molecule has 1 aromatic heterocycles. The van der Waals surface area contributed by atoms with Gasteiger partial charge in [0, 0.05) is 29.7 Å². The van der Waals surface area contributed by atoms with Crippen LogP contribution < -0.4 is 15.0 Å². The molecule has 4 rings (SSSR count). The zero-order valence-electron chi connectivity index (χ0n) is 17.0. The molecule has 0 bridgehead atoms. The number of benzene rings is 2. The lowest BCUT2D eigenvalue weighted by Gasteiger charge is -2.21. The fourth-order valence-electron chi connectivity index (χ4n) is 3.37. The summed E-state index contributed by atoms with van der Waals surface area (Å²) in [5.74, 6) is -0.976. The number of rotatable bonds is 5. The molecule has 158 valence electrons. The summed E-state index contributed by atoms with van der Waals surface area (Å²) in [7, 11) is 1.37. The Morgan fingerprint density at radius 2 is 2.06 bits per heavy atom. The summed E-state index contributed by atoms with van der Waals surface area (Å²) in [5, 5.41) is 3.46. The topological polar surface area (TPSA) is 71.5 Å². The van der Waals surface area contributed by atoms with E-state index in [1.54, 1.807) is 23.2 Å². The first-order valence-electron chi connectivity index (χ1n) is 9.71. The first-order valence-corrected chi connectivity index (χ1v) is 10.5. The maximum Gasteiger partial charge on any atom is 0.261 e. The molecule has 0 spiro atoms. The maximum atomic E-state index is 13.9. The van der Waals surface area contributed by atoms with E-state index >= 15 is 0 Å². The van der Waals surface area contributed by atoms with Crippen LogP contribution >= 0.6 is 11.8 Å². The predicted octanol–water partition coefficient (Wildman–Crippen LogP) is 4.29. The van der Waals surface area contributed by atoms with Crippen LogP contribution in [0.1, 0.15) is 33.2 Å². The fourth-order valence-corrected chi connectivity index (χ4v) is 4.45. The highest BCUT2D eigenvalue weighted by Gasteiger charge is 2.27. The molecule has 2 aromatic carbocycles. The number of aromatic nitrogens is 1. The predicted molar refractivity (Wildman–Crippen MR) is 116 cm³/mol. The molecule has 0 fully saturated rings. The van der Waals surface area contributed by atoms with E-state index in [9.17, 15) is 14.0 Å². The third-order valence-corrected chi connectivity index (χ3v) is 6.02. The van der Waals surface area contributed by atoms with Gasteiger partial charge in [0.25, 0.3) is 11.8 Å². The second-order valence-corrected chi connectivity index (χ2v) is 7.87. The minimum absolute atomic E-state index is 0.0839. The van der Waals surface area contributed by atoms with Crippen molar-refractivity contribution >= 4 is 29.3 Å². The van der Waals surface area contributed by atoms with Gasteiger partial charge in [-0.3, -0.25) is 9.59 Å². The molecule has 0 aliphatic carbocycles. The van der Waals surface area contributed by atoms with Crippen molar-refractivity contribution in [3.8, 4) is 5.75 Å². The SMILES string of the molecule is CCN1C(=O)c2cccnc2Sc2cc(CNC(=O)c3ccc(OC)c(F)c3)ccc21. The molecule has 1 aliphatic heterocycles. The molecule has 0 saturated carbocycles. The van der Waals surface area contributed by atoms with Gasteiger partial charge in [0.2, 0.25) is 0 Å². The summed E-state index contributed by atoms with van der Waals surface area (Å²) in [6.07, 6.45) is 1.67. The van der Waals surface area contributed by atoms with Crippen LogP contribution in [0.5, 0.6) is 5.75 Å². The monoisotopic (exact) mass is 437 g/mol. The quantitative estimate of drug-likeness (QED) is 0.645. The lowest BCUT2D eigenvalue weighted by molar-refractivity contribution is 0.0949. The van der Waals surface area contributed by atoms with Crippen LogP contribution in [-0.2, 0) is 6.54 Å². The van der Waals surface area contributed by atoms with Gasteiger partial charge in [-0.15, -0.1) is 0 Å². The lowest BCUT2D eigenvalue weighted by atomic mass is 10.1. The van der Waals surface area contributed by atoms with Crippen molar-refractivity contribution in [2.75, 3.05) is 18.6 Å². The largest absolute Gasteiger partial charge is 0.494 e. The standard InChI is InChI=1S/C23H20FN3O3S/c1-3-27-18-8-6-14(11-20(18)31-22-16(23(27)29)5-4-10-25-22)13-26-21(28)15-7-9-19(30-2)17(24)12-15/h4-12H,3,13H2,1-2H3,(H,26,28). The molecule has 31 heavy (non-hydrogen) atoms. The minimum Gasteiger partial charge on any atom is -0.494 e. The number of fused-ring (bicyclic) bond motifs is 2. The lowest BCUT2D eigenvalue weighted by Crippen LogP contribution is -2.30. The Bertz CT molecular complexity index is 1170. The number of nitrogens with one attached hydrogen (secondary N) is 1. The van der Waals surface area contributed by atoms with Gasteiger partial charge in [0.15, 0.2) is 11.6 Å². The molecule has 0 radical (unpaired) electrons. The summed E-state index contributed by atoms with van der Waals surface area (Å²) in [6, 6.07) is 13.3. The van der Waals surface area contributed by atoms with Gasteiger partial charge in [-0.05, 0) is 55.0 Å². The highest BCUT2D eigenvalue weighted by Crippen LogP contribution is 2.40. The Labute approximate surface area is 183 Å². The van der Waals surface area contributed by atoms with E-state index in [0.717, 1.165) is 22.2 Å². The molecule has 1 N–H and O–H groups in total. The van der Waals surface area contributed by atoms with Crippen molar-refractivity contribution in [1.82, 2.24) is 10.3 Å². The van der Waals surface area contributed by atoms with E-state index in [2.05, 4.69) is 10.3 Å². The second-order valence-electron chi connectivity index (χ2n) is 6.84. The van der Waals surface area contributed by atoms with Crippen LogP contribution in [0.2, 0.25) is 0 Å². The van der Waals surface area contributed by atoms with Crippen molar-refractivity contribution in [2.24, 2.45) is 0 Å². The highest BCUT2D eigenvalue weighted by molar-refractivity contribution is 7.99. The van der Waals surface area contributed by atoms with Crippen LogP contribution in [0.15, 0.2) is 64.6 Å². The number of carbonyl (C=O) groups is 2. The van der Waals surface area contributed by atoms with Crippen LogP contribution in [0.4, 0.5) is 10.1 Å². The Kier molecular flexibility index (Phi) is 5.90. The zero-order valence-corrected chi connectivity index (χ0v) is 17.8. The number of amides is 2. The maximum absolute atomic E-state index is 13.9. The molecule has 2 amide bonds. The van der Waals surface area contributed by atoms with E-state index in [0.29, 0.717) is 17.1 Å².